The summed E-state index contributed by atoms with van der Waals surface area (Å²) in [5.74, 6) is 0. The SMILES string of the molecule is CC1CNc2ccccc2N1CCCC(C)(C)C#N. The molecule has 1 aliphatic rings. The zero-order chi connectivity index (χ0) is 13.9. The van der Waals surface area contributed by atoms with Crippen LogP contribution in [0.5, 0.6) is 0 Å². The number of benzene rings is 1. The number of hydrogen-bond acceptors (Lipinski definition) is 3. The molecule has 0 amide bonds. The van der Waals surface area contributed by atoms with Crippen LogP contribution in [-0.4, -0.2) is 19.1 Å². The number of nitriles is 1. The molecular weight excluding hydrogens is 234 g/mol. The first-order valence-corrected chi connectivity index (χ1v) is 7.04. The second-order valence-corrected chi connectivity index (χ2v) is 6.04. The number of anilines is 2. The van der Waals surface area contributed by atoms with Gasteiger partial charge in [-0.15, -0.1) is 0 Å². The maximum Gasteiger partial charge on any atom is 0.0683 e. The minimum absolute atomic E-state index is 0.212. The van der Waals surface area contributed by atoms with Gasteiger partial charge in [-0.25, -0.2) is 0 Å². The molecule has 102 valence electrons. The molecule has 0 saturated carbocycles. The van der Waals surface area contributed by atoms with E-state index in [4.69, 9.17) is 5.26 Å². The standard InChI is InChI=1S/C16H23N3/c1-13-11-18-14-7-4-5-8-15(14)19(13)10-6-9-16(2,3)12-17/h4-5,7-8,13,18H,6,9-11H2,1-3H3. The van der Waals surface area contributed by atoms with E-state index in [0.29, 0.717) is 6.04 Å². The molecule has 0 spiro atoms. The molecule has 0 fully saturated rings. The van der Waals surface area contributed by atoms with Crippen molar-refractivity contribution in [3.63, 3.8) is 0 Å². The molecule has 1 aliphatic heterocycles. The Kier molecular flexibility index (Phi) is 3.99. The minimum atomic E-state index is -0.212. The van der Waals surface area contributed by atoms with Gasteiger partial charge in [0.1, 0.15) is 0 Å². The van der Waals surface area contributed by atoms with Crippen LogP contribution in [0.15, 0.2) is 24.3 Å². The van der Waals surface area contributed by atoms with Crippen LogP contribution in [0.4, 0.5) is 11.4 Å². The van der Waals surface area contributed by atoms with E-state index in [9.17, 15) is 0 Å². The lowest BCUT2D eigenvalue weighted by Gasteiger charge is -2.38. The monoisotopic (exact) mass is 257 g/mol. The van der Waals surface area contributed by atoms with Crippen LogP contribution in [0.1, 0.15) is 33.6 Å². The van der Waals surface area contributed by atoms with Gasteiger partial charge in [0.25, 0.3) is 0 Å². The van der Waals surface area contributed by atoms with Gasteiger partial charge in [-0.2, -0.15) is 5.26 Å². The molecule has 1 heterocycles. The smallest absolute Gasteiger partial charge is 0.0683 e. The van der Waals surface area contributed by atoms with Gasteiger partial charge >= 0.3 is 0 Å². The molecule has 0 radical (unpaired) electrons. The van der Waals surface area contributed by atoms with Crippen molar-refractivity contribution >= 4 is 11.4 Å². The average Bonchev–Trinajstić information content (AvgIpc) is 2.41. The third-order valence-electron chi connectivity index (χ3n) is 3.84. The molecule has 0 saturated heterocycles. The summed E-state index contributed by atoms with van der Waals surface area (Å²) < 4.78 is 0. The Bertz CT molecular complexity index is 473. The predicted molar refractivity (Wildman–Crippen MR) is 80.4 cm³/mol. The Labute approximate surface area is 116 Å². The number of nitrogens with one attached hydrogen (secondary N) is 1. The highest BCUT2D eigenvalue weighted by molar-refractivity contribution is 5.72. The van der Waals surface area contributed by atoms with E-state index in [1.807, 2.05) is 13.8 Å². The molecule has 19 heavy (non-hydrogen) atoms. The van der Waals surface area contributed by atoms with Crippen LogP contribution < -0.4 is 10.2 Å². The lowest BCUT2D eigenvalue weighted by Crippen LogP contribution is -2.42. The Hall–Kier alpha value is -1.69. The Morgan fingerprint density at radius 1 is 1.42 bits per heavy atom. The highest BCUT2D eigenvalue weighted by Gasteiger charge is 2.23. The van der Waals surface area contributed by atoms with Crippen molar-refractivity contribution in [2.75, 3.05) is 23.3 Å². The third kappa shape index (κ3) is 3.20. The number of fused-ring (bicyclic) bond motifs is 1. The van der Waals surface area contributed by atoms with Gasteiger partial charge in [0.05, 0.1) is 22.9 Å². The second-order valence-electron chi connectivity index (χ2n) is 6.04. The van der Waals surface area contributed by atoms with E-state index in [2.05, 4.69) is 47.5 Å². The highest BCUT2D eigenvalue weighted by Crippen LogP contribution is 2.32. The van der Waals surface area contributed by atoms with E-state index >= 15 is 0 Å². The molecule has 2 rings (SSSR count). The fourth-order valence-electron chi connectivity index (χ4n) is 2.57. The van der Waals surface area contributed by atoms with Crippen LogP contribution in [0.3, 0.4) is 0 Å². The zero-order valence-electron chi connectivity index (χ0n) is 12.1. The van der Waals surface area contributed by atoms with E-state index in [1.54, 1.807) is 0 Å². The fourth-order valence-corrected chi connectivity index (χ4v) is 2.57. The van der Waals surface area contributed by atoms with Gasteiger partial charge in [0.15, 0.2) is 0 Å². The van der Waals surface area contributed by atoms with Crippen LogP contribution >= 0.6 is 0 Å². The topological polar surface area (TPSA) is 39.1 Å². The second kappa shape index (κ2) is 5.52. The molecule has 1 unspecified atom stereocenters. The van der Waals surface area contributed by atoms with Crippen LogP contribution in [0.2, 0.25) is 0 Å². The maximum atomic E-state index is 9.07. The van der Waals surface area contributed by atoms with Gasteiger partial charge in [-0.05, 0) is 45.7 Å². The van der Waals surface area contributed by atoms with Crippen LogP contribution in [-0.2, 0) is 0 Å². The van der Waals surface area contributed by atoms with Gasteiger partial charge in [0.2, 0.25) is 0 Å². The van der Waals surface area contributed by atoms with Gasteiger partial charge in [0, 0.05) is 19.1 Å². The average molecular weight is 257 g/mol. The lowest BCUT2D eigenvalue weighted by molar-refractivity contribution is 0.430. The molecule has 0 aliphatic carbocycles. The lowest BCUT2D eigenvalue weighted by atomic mass is 9.89. The predicted octanol–water partition coefficient (Wildman–Crippen LogP) is 3.64. The summed E-state index contributed by atoms with van der Waals surface area (Å²) in [5, 5.41) is 12.5. The zero-order valence-corrected chi connectivity index (χ0v) is 12.1. The van der Waals surface area contributed by atoms with Crippen LogP contribution in [0, 0.1) is 16.7 Å². The summed E-state index contributed by atoms with van der Waals surface area (Å²) in [5.41, 5.74) is 2.30. The number of hydrogen-bond donors (Lipinski definition) is 1. The summed E-state index contributed by atoms with van der Waals surface area (Å²) in [7, 11) is 0. The molecule has 1 aromatic carbocycles. The quantitative estimate of drug-likeness (QED) is 0.895. The fraction of sp³-hybridized carbons (Fsp3) is 0.562. The summed E-state index contributed by atoms with van der Waals surface area (Å²) in [6, 6.07) is 11.3. The molecule has 0 bridgehead atoms. The van der Waals surface area contributed by atoms with Crippen molar-refractivity contribution in [1.29, 1.82) is 5.26 Å². The molecule has 0 aromatic heterocycles. The summed E-state index contributed by atoms with van der Waals surface area (Å²) in [6.45, 7) is 8.28. The summed E-state index contributed by atoms with van der Waals surface area (Å²) >= 11 is 0. The minimum Gasteiger partial charge on any atom is -0.381 e. The van der Waals surface area contributed by atoms with Gasteiger partial charge < -0.3 is 10.2 Å². The Morgan fingerprint density at radius 3 is 2.89 bits per heavy atom. The molecule has 3 heteroatoms. The van der Waals surface area contributed by atoms with Crippen molar-refractivity contribution < 1.29 is 0 Å². The van der Waals surface area contributed by atoms with Gasteiger partial charge in [-0.1, -0.05) is 12.1 Å². The normalized spacial score (nSPS) is 18.4. The molecule has 1 atom stereocenters. The molecule has 1 aromatic rings. The number of para-hydroxylation sites is 2. The highest BCUT2D eigenvalue weighted by atomic mass is 15.2. The molecule has 3 nitrogen and oxygen atoms in total. The third-order valence-corrected chi connectivity index (χ3v) is 3.84. The van der Waals surface area contributed by atoms with E-state index in [-0.39, 0.29) is 5.41 Å². The van der Waals surface area contributed by atoms with E-state index < -0.39 is 0 Å². The Balaban J connectivity index is 2.02. The van der Waals surface area contributed by atoms with Gasteiger partial charge in [-0.3, -0.25) is 0 Å². The van der Waals surface area contributed by atoms with E-state index in [1.165, 1.54) is 11.4 Å². The van der Waals surface area contributed by atoms with Crippen molar-refractivity contribution in [1.82, 2.24) is 0 Å². The van der Waals surface area contributed by atoms with Crippen molar-refractivity contribution in [2.45, 2.75) is 39.7 Å². The molecule has 1 N–H and O–H groups in total. The van der Waals surface area contributed by atoms with Crippen LogP contribution in [0.25, 0.3) is 0 Å². The van der Waals surface area contributed by atoms with Crippen molar-refractivity contribution in [2.24, 2.45) is 5.41 Å². The molecular formula is C16H23N3. The number of rotatable bonds is 4. The summed E-state index contributed by atoms with van der Waals surface area (Å²) in [6.07, 6.45) is 2.00. The number of nitrogens with zero attached hydrogens (tertiary/aromatic N) is 2. The largest absolute Gasteiger partial charge is 0.381 e. The first-order chi connectivity index (χ1) is 9.03. The van der Waals surface area contributed by atoms with Crippen molar-refractivity contribution in [3.05, 3.63) is 24.3 Å². The summed E-state index contributed by atoms with van der Waals surface area (Å²) in [4.78, 5) is 2.46. The first kappa shape index (κ1) is 13.7. The first-order valence-electron chi connectivity index (χ1n) is 7.04. The van der Waals surface area contributed by atoms with Crippen molar-refractivity contribution in [3.8, 4) is 6.07 Å². The Morgan fingerprint density at radius 2 is 2.16 bits per heavy atom. The van der Waals surface area contributed by atoms with E-state index in [0.717, 1.165) is 25.9 Å². The maximum absolute atomic E-state index is 9.07.